The molecule has 1 fully saturated rings. The van der Waals surface area contributed by atoms with Crippen molar-refractivity contribution in [2.24, 2.45) is 5.92 Å². The highest BCUT2D eigenvalue weighted by atomic mass is 16.1. The van der Waals surface area contributed by atoms with Crippen molar-refractivity contribution in [3.63, 3.8) is 0 Å². The molecule has 1 aromatic carbocycles. The van der Waals surface area contributed by atoms with Crippen LogP contribution in [0.5, 0.6) is 0 Å². The van der Waals surface area contributed by atoms with Crippen molar-refractivity contribution in [2.45, 2.75) is 51.4 Å². The molecule has 1 nitrogen and oxygen atoms in total. The number of ketones is 1. The number of carbonyl (C=O) groups excluding carboxylic acids is 1. The van der Waals surface area contributed by atoms with Crippen molar-refractivity contribution in [1.82, 2.24) is 0 Å². The predicted molar refractivity (Wildman–Crippen MR) is 71.1 cm³/mol. The van der Waals surface area contributed by atoms with Gasteiger partial charge in [0.25, 0.3) is 0 Å². The summed E-state index contributed by atoms with van der Waals surface area (Å²) < 4.78 is 0. The normalized spacial score (nSPS) is 18.9. The Morgan fingerprint density at radius 1 is 1.18 bits per heavy atom. The van der Waals surface area contributed by atoms with Crippen LogP contribution >= 0.6 is 0 Å². The third-order valence-electron chi connectivity index (χ3n) is 3.96. The van der Waals surface area contributed by atoms with E-state index in [4.69, 9.17) is 0 Å². The first-order valence-electron chi connectivity index (χ1n) is 6.91. The van der Waals surface area contributed by atoms with Gasteiger partial charge in [-0.2, -0.15) is 0 Å². The Labute approximate surface area is 104 Å². The Bertz CT molecular complexity index is 349. The van der Waals surface area contributed by atoms with Gasteiger partial charge in [-0.15, -0.1) is 0 Å². The zero-order chi connectivity index (χ0) is 12.1. The van der Waals surface area contributed by atoms with Crippen LogP contribution in [0.4, 0.5) is 0 Å². The molecule has 0 radical (unpaired) electrons. The molecule has 1 saturated carbocycles. The standard InChI is InChI=1S/C16H22O/c1-2-15(13-9-5-3-6-10-13)16(17)14-11-7-4-8-12-14/h3,5-6,9-10,14-15H,2,4,7-8,11-12H2,1H3. The van der Waals surface area contributed by atoms with E-state index < -0.39 is 0 Å². The van der Waals surface area contributed by atoms with Crippen LogP contribution in [0, 0.1) is 5.92 Å². The SMILES string of the molecule is CCC(C(=O)C1CCCCC1)c1ccccc1. The molecule has 0 N–H and O–H groups in total. The number of hydrogen-bond donors (Lipinski definition) is 0. The van der Waals surface area contributed by atoms with Crippen LogP contribution in [0.3, 0.4) is 0 Å². The monoisotopic (exact) mass is 230 g/mol. The minimum absolute atomic E-state index is 0.124. The van der Waals surface area contributed by atoms with Crippen LogP contribution in [0.2, 0.25) is 0 Å². The minimum Gasteiger partial charge on any atom is -0.299 e. The molecule has 0 spiro atoms. The molecule has 0 bridgehead atoms. The second-order valence-corrected chi connectivity index (χ2v) is 5.11. The maximum absolute atomic E-state index is 12.5. The molecule has 0 amide bonds. The molecule has 1 atom stereocenters. The fourth-order valence-corrected chi connectivity index (χ4v) is 2.96. The van der Waals surface area contributed by atoms with Gasteiger partial charge >= 0.3 is 0 Å². The van der Waals surface area contributed by atoms with Crippen molar-refractivity contribution in [2.75, 3.05) is 0 Å². The fourth-order valence-electron chi connectivity index (χ4n) is 2.96. The first kappa shape index (κ1) is 12.3. The van der Waals surface area contributed by atoms with Gasteiger partial charge in [-0.05, 0) is 24.8 Å². The smallest absolute Gasteiger partial charge is 0.143 e. The van der Waals surface area contributed by atoms with E-state index in [1.54, 1.807) is 0 Å². The summed E-state index contributed by atoms with van der Waals surface area (Å²) >= 11 is 0. The first-order chi connectivity index (χ1) is 8.33. The number of rotatable bonds is 4. The lowest BCUT2D eigenvalue weighted by Crippen LogP contribution is -2.23. The molecular weight excluding hydrogens is 208 g/mol. The Morgan fingerprint density at radius 3 is 2.41 bits per heavy atom. The van der Waals surface area contributed by atoms with Crippen LogP contribution < -0.4 is 0 Å². The maximum Gasteiger partial charge on any atom is 0.143 e. The number of hydrogen-bond acceptors (Lipinski definition) is 1. The quantitative estimate of drug-likeness (QED) is 0.752. The Balaban J connectivity index is 2.10. The summed E-state index contributed by atoms with van der Waals surface area (Å²) in [5, 5.41) is 0. The highest BCUT2D eigenvalue weighted by Gasteiger charge is 2.27. The largest absolute Gasteiger partial charge is 0.299 e. The summed E-state index contributed by atoms with van der Waals surface area (Å²) in [5.74, 6) is 0.937. The van der Waals surface area contributed by atoms with E-state index in [-0.39, 0.29) is 5.92 Å². The highest BCUT2D eigenvalue weighted by molar-refractivity contribution is 5.87. The van der Waals surface area contributed by atoms with E-state index in [0.717, 1.165) is 19.3 Å². The van der Waals surface area contributed by atoms with Gasteiger partial charge in [0.15, 0.2) is 0 Å². The van der Waals surface area contributed by atoms with Gasteiger partial charge in [-0.25, -0.2) is 0 Å². The second kappa shape index (κ2) is 6.00. The van der Waals surface area contributed by atoms with Crippen molar-refractivity contribution < 1.29 is 4.79 Å². The first-order valence-corrected chi connectivity index (χ1v) is 6.91. The van der Waals surface area contributed by atoms with E-state index in [1.165, 1.54) is 24.8 Å². The maximum atomic E-state index is 12.5. The molecule has 1 aliphatic rings. The average Bonchev–Trinajstić information content (AvgIpc) is 2.42. The van der Waals surface area contributed by atoms with E-state index in [2.05, 4.69) is 19.1 Å². The van der Waals surface area contributed by atoms with Gasteiger partial charge in [-0.3, -0.25) is 4.79 Å². The summed E-state index contributed by atoms with van der Waals surface area (Å²) in [6, 6.07) is 10.3. The van der Waals surface area contributed by atoms with Crippen LogP contribution in [0.25, 0.3) is 0 Å². The molecule has 0 aliphatic heterocycles. The number of Topliss-reactive ketones (excluding diaryl/α,β-unsaturated/α-hetero) is 1. The molecule has 1 aliphatic carbocycles. The summed E-state index contributed by atoms with van der Waals surface area (Å²) in [7, 11) is 0. The Morgan fingerprint density at radius 2 is 1.82 bits per heavy atom. The fraction of sp³-hybridized carbons (Fsp3) is 0.562. The van der Waals surface area contributed by atoms with Gasteiger partial charge < -0.3 is 0 Å². The zero-order valence-electron chi connectivity index (χ0n) is 10.7. The number of carbonyl (C=O) groups is 1. The third-order valence-corrected chi connectivity index (χ3v) is 3.96. The Hall–Kier alpha value is -1.11. The lowest BCUT2D eigenvalue weighted by molar-refractivity contribution is -0.125. The van der Waals surface area contributed by atoms with Gasteiger partial charge in [0.05, 0.1) is 0 Å². The van der Waals surface area contributed by atoms with Gasteiger partial charge in [-0.1, -0.05) is 56.5 Å². The molecule has 2 rings (SSSR count). The van der Waals surface area contributed by atoms with Crippen molar-refractivity contribution in [3.05, 3.63) is 35.9 Å². The summed E-state index contributed by atoms with van der Waals surface area (Å²) in [4.78, 5) is 12.5. The minimum atomic E-state index is 0.124. The average molecular weight is 230 g/mol. The molecule has 1 aromatic rings. The molecule has 0 saturated heterocycles. The van der Waals surface area contributed by atoms with E-state index >= 15 is 0 Å². The van der Waals surface area contributed by atoms with Crippen LogP contribution in [-0.4, -0.2) is 5.78 Å². The zero-order valence-corrected chi connectivity index (χ0v) is 10.7. The predicted octanol–water partition coefficient (Wildman–Crippen LogP) is 4.33. The lowest BCUT2D eigenvalue weighted by Gasteiger charge is -2.25. The van der Waals surface area contributed by atoms with Gasteiger partial charge in [0.2, 0.25) is 0 Å². The van der Waals surface area contributed by atoms with Crippen LogP contribution in [0.15, 0.2) is 30.3 Å². The molecular formula is C16H22O. The van der Waals surface area contributed by atoms with E-state index in [0.29, 0.717) is 11.7 Å². The molecule has 1 heteroatoms. The highest BCUT2D eigenvalue weighted by Crippen LogP contribution is 2.31. The molecule has 0 aromatic heterocycles. The molecule has 17 heavy (non-hydrogen) atoms. The van der Waals surface area contributed by atoms with E-state index in [9.17, 15) is 4.79 Å². The second-order valence-electron chi connectivity index (χ2n) is 5.11. The summed E-state index contributed by atoms with van der Waals surface area (Å²) in [6.45, 7) is 2.12. The lowest BCUT2D eigenvalue weighted by atomic mass is 9.78. The third kappa shape index (κ3) is 2.96. The molecule has 1 unspecified atom stereocenters. The summed E-state index contributed by atoms with van der Waals surface area (Å²) in [6.07, 6.45) is 6.94. The molecule has 92 valence electrons. The van der Waals surface area contributed by atoms with E-state index in [1.807, 2.05) is 18.2 Å². The van der Waals surface area contributed by atoms with Crippen molar-refractivity contribution in [3.8, 4) is 0 Å². The van der Waals surface area contributed by atoms with Crippen molar-refractivity contribution in [1.29, 1.82) is 0 Å². The van der Waals surface area contributed by atoms with Gasteiger partial charge in [0.1, 0.15) is 5.78 Å². The molecule has 0 heterocycles. The summed E-state index contributed by atoms with van der Waals surface area (Å²) in [5.41, 5.74) is 1.20. The van der Waals surface area contributed by atoms with Crippen LogP contribution in [-0.2, 0) is 4.79 Å². The number of benzene rings is 1. The van der Waals surface area contributed by atoms with Crippen LogP contribution in [0.1, 0.15) is 56.9 Å². The van der Waals surface area contributed by atoms with Gasteiger partial charge in [0, 0.05) is 11.8 Å². The topological polar surface area (TPSA) is 17.1 Å². The van der Waals surface area contributed by atoms with Crippen molar-refractivity contribution >= 4 is 5.78 Å². The Kier molecular flexibility index (Phi) is 4.36.